The molecular formula is C14H13F3N2O2. The van der Waals surface area contributed by atoms with Gasteiger partial charge in [-0.15, -0.1) is 0 Å². The Kier molecular flexibility index (Phi) is 4.02. The third-order valence-corrected chi connectivity index (χ3v) is 2.82. The first-order valence-electron chi connectivity index (χ1n) is 6.21. The van der Waals surface area contributed by atoms with Crippen LogP contribution in [0.1, 0.15) is 41.6 Å². The average Bonchev–Trinajstić information content (AvgIpc) is 2.87. The molecule has 2 rings (SSSR count). The molecule has 0 radical (unpaired) electrons. The Morgan fingerprint density at radius 1 is 1.24 bits per heavy atom. The fraction of sp³-hybridized carbons (Fsp3) is 0.286. The smallest absolute Gasteiger partial charge is 0.416 e. The summed E-state index contributed by atoms with van der Waals surface area (Å²) in [5.41, 5.74) is -0.0263. The van der Waals surface area contributed by atoms with Crippen molar-refractivity contribution in [2.75, 3.05) is 5.32 Å². The fourth-order valence-corrected chi connectivity index (χ4v) is 1.77. The number of benzene rings is 1. The van der Waals surface area contributed by atoms with E-state index in [1.807, 2.05) is 13.8 Å². The molecule has 1 aromatic heterocycles. The summed E-state index contributed by atoms with van der Waals surface area (Å²) < 4.78 is 42.3. The maximum atomic E-state index is 12.4. The minimum atomic E-state index is -4.40. The van der Waals surface area contributed by atoms with Crippen LogP contribution in [0, 0.1) is 0 Å². The van der Waals surface area contributed by atoms with Crippen LogP contribution in [0.4, 0.5) is 18.9 Å². The number of oxazole rings is 1. The third kappa shape index (κ3) is 3.42. The zero-order valence-corrected chi connectivity index (χ0v) is 11.4. The van der Waals surface area contributed by atoms with Crippen molar-refractivity contribution in [2.45, 2.75) is 25.9 Å². The molecule has 0 saturated carbocycles. The van der Waals surface area contributed by atoms with Crippen LogP contribution >= 0.6 is 0 Å². The van der Waals surface area contributed by atoms with Gasteiger partial charge in [-0.2, -0.15) is 13.2 Å². The summed E-state index contributed by atoms with van der Waals surface area (Å²) in [6.07, 6.45) is -3.24. The highest BCUT2D eigenvalue weighted by molar-refractivity contribution is 6.03. The first-order valence-corrected chi connectivity index (χ1v) is 6.21. The van der Waals surface area contributed by atoms with E-state index in [0.29, 0.717) is 5.69 Å². The van der Waals surface area contributed by atoms with Gasteiger partial charge in [0.05, 0.1) is 11.3 Å². The van der Waals surface area contributed by atoms with Crippen molar-refractivity contribution in [3.63, 3.8) is 0 Å². The van der Waals surface area contributed by atoms with Crippen LogP contribution in [0.2, 0.25) is 0 Å². The second kappa shape index (κ2) is 5.59. The molecule has 0 aliphatic carbocycles. The molecule has 0 spiro atoms. The standard InChI is InChI=1S/C14H13F3N2O2/c1-8(2)11-12(21-7-18-11)13(20)19-10-5-3-9(4-6-10)14(15,16)17/h3-8H,1-2H3,(H,19,20). The Labute approximate surface area is 119 Å². The van der Waals surface area contributed by atoms with Gasteiger partial charge in [-0.3, -0.25) is 4.79 Å². The second-order valence-corrected chi connectivity index (χ2v) is 4.75. The van der Waals surface area contributed by atoms with E-state index in [4.69, 9.17) is 4.42 Å². The maximum Gasteiger partial charge on any atom is 0.416 e. The fourth-order valence-electron chi connectivity index (χ4n) is 1.77. The zero-order chi connectivity index (χ0) is 15.6. The van der Waals surface area contributed by atoms with Crippen LogP contribution in [-0.4, -0.2) is 10.9 Å². The summed E-state index contributed by atoms with van der Waals surface area (Å²) in [4.78, 5) is 16.0. The van der Waals surface area contributed by atoms with Crippen LogP contribution < -0.4 is 5.32 Å². The first-order chi connectivity index (χ1) is 9.79. The summed E-state index contributed by atoms with van der Waals surface area (Å²) >= 11 is 0. The molecule has 0 aliphatic rings. The highest BCUT2D eigenvalue weighted by Crippen LogP contribution is 2.30. The molecule has 1 amide bonds. The van der Waals surface area contributed by atoms with Crippen LogP contribution in [-0.2, 0) is 6.18 Å². The molecular weight excluding hydrogens is 285 g/mol. The van der Waals surface area contributed by atoms with E-state index in [1.165, 1.54) is 12.1 Å². The number of carbonyl (C=O) groups is 1. The van der Waals surface area contributed by atoms with Crippen molar-refractivity contribution in [1.82, 2.24) is 4.98 Å². The Balaban J connectivity index is 2.15. The molecule has 7 heteroatoms. The van der Waals surface area contributed by atoms with E-state index in [-0.39, 0.29) is 17.4 Å². The number of rotatable bonds is 3. The first kappa shape index (κ1) is 15.1. The number of amides is 1. The Morgan fingerprint density at radius 3 is 2.38 bits per heavy atom. The van der Waals surface area contributed by atoms with Gasteiger partial charge in [0.1, 0.15) is 0 Å². The highest BCUT2D eigenvalue weighted by atomic mass is 19.4. The monoisotopic (exact) mass is 298 g/mol. The van der Waals surface area contributed by atoms with Crippen LogP contribution in [0.25, 0.3) is 0 Å². The van der Waals surface area contributed by atoms with Crippen molar-refractivity contribution in [3.8, 4) is 0 Å². The summed E-state index contributed by atoms with van der Waals surface area (Å²) in [5.74, 6) is -0.488. The number of hydrogen-bond acceptors (Lipinski definition) is 3. The molecule has 0 saturated heterocycles. The molecule has 21 heavy (non-hydrogen) atoms. The lowest BCUT2D eigenvalue weighted by Gasteiger charge is -2.09. The SMILES string of the molecule is CC(C)c1ncoc1C(=O)Nc1ccc(C(F)(F)F)cc1. The van der Waals surface area contributed by atoms with Gasteiger partial charge in [0.2, 0.25) is 5.76 Å². The minimum Gasteiger partial charge on any atom is -0.438 e. The molecule has 0 bridgehead atoms. The van der Waals surface area contributed by atoms with Gasteiger partial charge in [0.25, 0.3) is 5.91 Å². The van der Waals surface area contributed by atoms with Crippen LogP contribution in [0.5, 0.6) is 0 Å². The predicted molar refractivity (Wildman–Crippen MR) is 70.0 cm³/mol. The average molecular weight is 298 g/mol. The molecule has 1 N–H and O–H groups in total. The normalized spacial score (nSPS) is 11.7. The van der Waals surface area contributed by atoms with Crippen molar-refractivity contribution in [1.29, 1.82) is 0 Å². The highest BCUT2D eigenvalue weighted by Gasteiger charge is 2.30. The van der Waals surface area contributed by atoms with E-state index < -0.39 is 17.6 Å². The summed E-state index contributed by atoms with van der Waals surface area (Å²) in [6, 6.07) is 4.18. The Hall–Kier alpha value is -2.31. The molecule has 112 valence electrons. The molecule has 0 fully saturated rings. The minimum absolute atomic E-state index is 0.00268. The lowest BCUT2D eigenvalue weighted by Crippen LogP contribution is -2.14. The quantitative estimate of drug-likeness (QED) is 0.929. The molecule has 0 atom stereocenters. The van der Waals surface area contributed by atoms with Gasteiger partial charge in [-0.05, 0) is 30.2 Å². The number of carbonyl (C=O) groups excluding carboxylic acids is 1. The second-order valence-electron chi connectivity index (χ2n) is 4.75. The summed E-state index contributed by atoms with van der Waals surface area (Å²) in [7, 11) is 0. The summed E-state index contributed by atoms with van der Waals surface area (Å²) in [6.45, 7) is 3.71. The zero-order valence-electron chi connectivity index (χ0n) is 11.4. The maximum absolute atomic E-state index is 12.4. The number of anilines is 1. The number of aromatic nitrogens is 1. The van der Waals surface area contributed by atoms with Gasteiger partial charge in [0.15, 0.2) is 6.39 Å². The van der Waals surface area contributed by atoms with E-state index >= 15 is 0 Å². The molecule has 0 unspecified atom stereocenters. The molecule has 1 heterocycles. The number of alkyl halides is 3. The van der Waals surface area contributed by atoms with E-state index in [0.717, 1.165) is 18.5 Å². The third-order valence-electron chi connectivity index (χ3n) is 2.82. The molecule has 2 aromatic rings. The topological polar surface area (TPSA) is 55.1 Å². The van der Waals surface area contributed by atoms with E-state index in [2.05, 4.69) is 10.3 Å². The Morgan fingerprint density at radius 2 is 1.86 bits per heavy atom. The van der Waals surface area contributed by atoms with Gasteiger partial charge in [-0.1, -0.05) is 13.8 Å². The molecule has 4 nitrogen and oxygen atoms in total. The molecule has 0 aliphatic heterocycles. The van der Waals surface area contributed by atoms with E-state index in [9.17, 15) is 18.0 Å². The number of nitrogens with one attached hydrogen (secondary N) is 1. The van der Waals surface area contributed by atoms with Crippen LogP contribution in [0.3, 0.4) is 0 Å². The molecule has 1 aromatic carbocycles. The lowest BCUT2D eigenvalue weighted by molar-refractivity contribution is -0.137. The van der Waals surface area contributed by atoms with Crippen molar-refractivity contribution in [3.05, 3.63) is 47.7 Å². The van der Waals surface area contributed by atoms with Gasteiger partial charge in [0, 0.05) is 5.69 Å². The largest absolute Gasteiger partial charge is 0.438 e. The van der Waals surface area contributed by atoms with Gasteiger partial charge in [-0.25, -0.2) is 4.98 Å². The van der Waals surface area contributed by atoms with Crippen LogP contribution in [0.15, 0.2) is 35.1 Å². The van der Waals surface area contributed by atoms with Crippen molar-refractivity contribution < 1.29 is 22.4 Å². The number of hydrogen-bond donors (Lipinski definition) is 1. The predicted octanol–water partition coefficient (Wildman–Crippen LogP) is 4.07. The van der Waals surface area contributed by atoms with Crippen molar-refractivity contribution in [2.24, 2.45) is 0 Å². The van der Waals surface area contributed by atoms with Crippen molar-refractivity contribution >= 4 is 11.6 Å². The number of halogens is 3. The van der Waals surface area contributed by atoms with Gasteiger partial charge < -0.3 is 9.73 Å². The Bertz CT molecular complexity index is 630. The van der Waals surface area contributed by atoms with E-state index in [1.54, 1.807) is 0 Å². The number of nitrogens with zero attached hydrogens (tertiary/aromatic N) is 1. The van der Waals surface area contributed by atoms with Gasteiger partial charge >= 0.3 is 6.18 Å². The lowest BCUT2D eigenvalue weighted by atomic mass is 10.1. The summed E-state index contributed by atoms with van der Waals surface area (Å²) in [5, 5.41) is 2.48.